The first kappa shape index (κ1) is 11.7. The molecule has 0 fully saturated rings. The predicted molar refractivity (Wildman–Crippen MR) is 47.4 cm³/mol. The van der Waals surface area contributed by atoms with E-state index in [4.69, 9.17) is 21.1 Å². The zero-order valence-electron chi connectivity index (χ0n) is 7.67. The van der Waals surface area contributed by atoms with Gasteiger partial charge in [-0.25, -0.2) is 0 Å². The van der Waals surface area contributed by atoms with E-state index in [1.54, 1.807) is 14.0 Å². The Morgan fingerprint density at radius 2 is 2.08 bits per heavy atom. The Kier molecular flexibility index (Phi) is 6.11. The molecule has 0 amide bonds. The van der Waals surface area contributed by atoms with E-state index < -0.39 is 5.38 Å². The van der Waals surface area contributed by atoms with Gasteiger partial charge in [0.05, 0.1) is 12.7 Å². The molecule has 2 atom stereocenters. The van der Waals surface area contributed by atoms with Crippen molar-refractivity contribution in [1.29, 1.82) is 0 Å². The molecule has 12 heavy (non-hydrogen) atoms. The van der Waals surface area contributed by atoms with Gasteiger partial charge >= 0.3 is 5.97 Å². The van der Waals surface area contributed by atoms with Gasteiger partial charge in [-0.2, -0.15) is 0 Å². The molecule has 0 radical (unpaired) electrons. The second kappa shape index (κ2) is 6.26. The van der Waals surface area contributed by atoms with Crippen molar-refractivity contribution in [2.24, 2.45) is 0 Å². The molecule has 0 saturated heterocycles. The van der Waals surface area contributed by atoms with Gasteiger partial charge in [-0.15, -0.1) is 11.6 Å². The van der Waals surface area contributed by atoms with Crippen LogP contribution in [0.25, 0.3) is 0 Å². The zero-order valence-corrected chi connectivity index (χ0v) is 8.43. The van der Waals surface area contributed by atoms with E-state index in [0.29, 0.717) is 13.0 Å². The molecule has 0 aromatic carbocycles. The molecule has 0 aliphatic rings. The van der Waals surface area contributed by atoms with Crippen LogP contribution in [0.5, 0.6) is 0 Å². The molecule has 72 valence electrons. The van der Waals surface area contributed by atoms with E-state index in [1.807, 2.05) is 6.92 Å². The first-order valence-corrected chi connectivity index (χ1v) is 4.35. The summed E-state index contributed by atoms with van der Waals surface area (Å²) < 4.78 is 9.79. The lowest BCUT2D eigenvalue weighted by Gasteiger charge is -2.09. The molecular formula is C8H15ClO3. The molecule has 0 saturated carbocycles. The quantitative estimate of drug-likeness (QED) is 0.493. The van der Waals surface area contributed by atoms with Crippen LogP contribution in [0, 0.1) is 0 Å². The minimum atomic E-state index is -0.567. The second-order valence-corrected chi connectivity index (χ2v) is 3.27. The van der Waals surface area contributed by atoms with Crippen LogP contribution in [0.1, 0.15) is 20.3 Å². The summed E-state index contributed by atoms with van der Waals surface area (Å²) in [5.74, 6) is -0.375. The number of halogens is 1. The third-order valence-corrected chi connectivity index (χ3v) is 1.67. The standard InChI is InChI=1S/C8H15ClO3/c1-6(11-3)4-5-12-8(10)7(2)9/h6-7H,4-5H2,1-3H3/t6-,7+/m1/s1. The van der Waals surface area contributed by atoms with Crippen molar-refractivity contribution in [2.45, 2.75) is 31.7 Å². The Hall–Kier alpha value is -0.280. The molecule has 0 aliphatic carbocycles. The molecule has 3 nitrogen and oxygen atoms in total. The minimum absolute atomic E-state index is 0.114. The van der Waals surface area contributed by atoms with Gasteiger partial charge in [-0.05, 0) is 13.8 Å². The number of carbonyl (C=O) groups is 1. The van der Waals surface area contributed by atoms with Crippen LogP contribution in [-0.4, -0.2) is 31.2 Å². The van der Waals surface area contributed by atoms with Gasteiger partial charge in [0.1, 0.15) is 5.38 Å². The second-order valence-electron chi connectivity index (χ2n) is 2.62. The van der Waals surface area contributed by atoms with E-state index in [1.165, 1.54) is 0 Å². The van der Waals surface area contributed by atoms with Crippen molar-refractivity contribution in [1.82, 2.24) is 0 Å². The normalized spacial score (nSPS) is 15.3. The Morgan fingerprint density at radius 1 is 1.50 bits per heavy atom. The molecular weight excluding hydrogens is 180 g/mol. The van der Waals surface area contributed by atoms with E-state index in [9.17, 15) is 4.79 Å². The maximum absolute atomic E-state index is 10.8. The van der Waals surface area contributed by atoms with Gasteiger partial charge in [0.2, 0.25) is 0 Å². The van der Waals surface area contributed by atoms with Gasteiger partial charge < -0.3 is 9.47 Å². The topological polar surface area (TPSA) is 35.5 Å². The summed E-state index contributed by atoms with van der Waals surface area (Å²) >= 11 is 5.47. The summed E-state index contributed by atoms with van der Waals surface area (Å²) in [5, 5.41) is -0.567. The van der Waals surface area contributed by atoms with Crippen molar-refractivity contribution >= 4 is 17.6 Å². The Bertz CT molecular complexity index is 136. The Morgan fingerprint density at radius 3 is 2.50 bits per heavy atom. The van der Waals surface area contributed by atoms with Crippen molar-refractivity contribution in [3.05, 3.63) is 0 Å². The highest BCUT2D eigenvalue weighted by Crippen LogP contribution is 2.00. The number of methoxy groups -OCH3 is 1. The summed E-state index contributed by atoms with van der Waals surface area (Å²) in [6.45, 7) is 3.87. The first-order valence-electron chi connectivity index (χ1n) is 3.91. The number of ether oxygens (including phenoxy) is 2. The van der Waals surface area contributed by atoms with Gasteiger partial charge in [0.25, 0.3) is 0 Å². The van der Waals surface area contributed by atoms with E-state index in [0.717, 1.165) is 0 Å². The number of hydrogen-bond acceptors (Lipinski definition) is 3. The van der Waals surface area contributed by atoms with Crippen molar-refractivity contribution < 1.29 is 14.3 Å². The van der Waals surface area contributed by atoms with Crippen LogP contribution in [0.15, 0.2) is 0 Å². The lowest BCUT2D eigenvalue weighted by molar-refractivity contribution is -0.143. The number of alkyl halides is 1. The average molecular weight is 195 g/mol. The highest BCUT2D eigenvalue weighted by molar-refractivity contribution is 6.29. The fraction of sp³-hybridized carbons (Fsp3) is 0.875. The summed E-state index contributed by atoms with van der Waals surface area (Å²) in [6, 6.07) is 0. The molecule has 0 rings (SSSR count). The number of rotatable bonds is 5. The predicted octanol–water partition coefficient (Wildman–Crippen LogP) is 1.58. The van der Waals surface area contributed by atoms with E-state index >= 15 is 0 Å². The smallest absolute Gasteiger partial charge is 0.323 e. The van der Waals surface area contributed by atoms with Gasteiger partial charge in [0, 0.05) is 13.5 Å². The number of hydrogen-bond donors (Lipinski definition) is 0. The van der Waals surface area contributed by atoms with Gasteiger partial charge in [-0.3, -0.25) is 4.79 Å². The maximum atomic E-state index is 10.8. The Labute approximate surface area is 78.0 Å². The summed E-state index contributed by atoms with van der Waals surface area (Å²) in [5.41, 5.74) is 0. The largest absolute Gasteiger partial charge is 0.464 e. The maximum Gasteiger partial charge on any atom is 0.323 e. The molecule has 4 heteroatoms. The van der Waals surface area contributed by atoms with Gasteiger partial charge in [-0.1, -0.05) is 0 Å². The molecule has 0 spiro atoms. The summed E-state index contributed by atoms with van der Waals surface area (Å²) in [6.07, 6.45) is 0.815. The minimum Gasteiger partial charge on any atom is -0.464 e. The highest BCUT2D eigenvalue weighted by Gasteiger charge is 2.10. The van der Waals surface area contributed by atoms with Crippen molar-refractivity contribution in [2.75, 3.05) is 13.7 Å². The molecule has 0 heterocycles. The van der Waals surface area contributed by atoms with Crippen LogP contribution >= 0.6 is 11.6 Å². The molecule has 0 N–H and O–H groups in total. The van der Waals surface area contributed by atoms with Crippen LogP contribution in [0.3, 0.4) is 0 Å². The molecule has 0 aliphatic heterocycles. The van der Waals surface area contributed by atoms with Crippen LogP contribution in [-0.2, 0) is 14.3 Å². The summed E-state index contributed by atoms with van der Waals surface area (Å²) in [7, 11) is 1.62. The summed E-state index contributed by atoms with van der Waals surface area (Å²) in [4.78, 5) is 10.8. The molecule has 0 aromatic rings. The third-order valence-electron chi connectivity index (χ3n) is 1.50. The first-order chi connectivity index (χ1) is 5.57. The lowest BCUT2D eigenvalue weighted by Crippen LogP contribution is -2.17. The fourth-order valence-electron chi connectivity index (χ4n) is 0.558. The lowest BCUT2D eigenvalue weighted by atomic mass is 10.3. The SMILES string of the molecule is CO[C@H](C)CCOC(=O)[C@H](C)Cl. The van der Waals surface area contributed by atoms with Crippen molar-refractivity contribution in [3.63, 3.8) is 0 Å². The zero-order chi connectivity index (χ0) is 9.56. The highest BCUT2D eigenvalue weighted by atomic mass is 35.5. The van der Waals surface area contributed by atoms with E-state index in [-0.39, 0.29) is 12.1 Å². The monoisotopic (exact) mass is 194 g/mol. The fourth-order valence-corrected chi connectivity index (χ4v) is 0.621. The number of carbonyl (C=O) groups excluding carboxylic acids is 1. The number of esters is 1. The van der Waals surface area contributed by atoms with E-state index in [2.05, 4.69) is 0 Å². The van der Waals surface area contributed by atoms with Crippen LogP contribution in [0.4, 0.5) is 0 Å². The molecule has 0 unspecified atom stereocenters. The molecule has 0 bridgehead atoms. The molecule has 0 aromatic heterocycles. The third kappa shape index (κ3) is 5.38. The van der Waals surface area contributed by atoms with Crippen molar-refractivity contribution in [3.8, 4) is 0 Å². The Balaban J connectivity index is 3.37. The average Bonchev–Trinajstić information content (AvgIpc) is 2.03. The van der Waals surface area contributed by atoms with Crippen LogP contribution in [0.2, 0.25) is 0 Å². The van der Waals surface area contributed by atoms with Crippen LogP contribution < -0.4 is 0 Å². The van der Waals surface area contributed by atoms with Gasteiger partial charge in [0.15, 0.2) is 0 Å².